The molecule has 1 saturated heterocycles. The van der Waals surface area contributed by atoms with Crippen LogP contribution in [0.3, 0.4) is 0 Å². The molecule has 30 heavy (non-hydrogen) atoms. The van der Waals surface area contributed by atoms with Crippen LogP contribution >= 0.6 is 0 Å². The quantitative estimate of drug-likeness (QED) is 0.672. The minimum Gasteiger partial charge on any atom is -0.494 e. The van der Waals surface area contributed by atoms with Crippen LogP contribution in [-0.4, -0.2) is 59.1 Å². The van der Waals surface area contributed by atoms with E-state index in [2.05, 4.69) is 16.3 Å². The lowest BCUT2D eigenvalue weighted by atomic mass is 10.0. The highest BCUT2D eigenvalue weighted by molar-refractivity contribution is 5.44. The number of rotatable bonds is 9. The molecule has 7 heteroatoms. The van der Waals surface area contributed by atoms with Crippen LogP contribution < -0.4 is 19.5 Å². The molecule has 2 unspecified atom stereocenters. The summed E-state index contributed by atoms with van der Waals surface area (Å²) in [5, 5.41) is 3.56. The van der Waals surface area contributed by atoms with E-state index in [1.54, 1.807) is 20.3 Å². The van der Waals surface area contributed by atoms with Gasteiger partial charge in [0.25, 0.3) is 0 Å². The summed E-state index contributed by atoms with van der Waals surface area (Å²) in [6, 6.07) is 11.2. The van der Waals surface area contributed by atoms with Gasteiger partial charge in [-0.05, 0) is 42.3 Å². The fraction of sp³-hybridized carbons (Fsp3) is 0.478. The number of hydrogen-bond donors (Lipinski definition) is 1. The van der Waals surface area contributed by atoms with Gasteiger partial charge in [-0.1, -0.05) is 12.1 Å². The van der Waals surface area contributed by atoms with Crippen LogP contribution in [0.2, 0.25) is 0 Å². The van der Waals surface area contributed by atoms with Crippen molar-refractivity contribution in [2.75, 3.05) is 54.2 Å². The van der Waals surface area contributed by atoms with Crippen molar-refractivity contribution >= 4 is 0 Å². The summed E-state index contributed by atoms with van der Waals surface area (Å²) in [6.45, 7) is 5.86. The van der Waals surface area contributed by atoms with E-state index in [-0.39, 0.29) is 23.7 Å². The Morgan fingerprint density at radius 2 is 1.57 bits per heavy atom. The van der Waals surface area contributed by atoms with Crippen molar-refractivity contribution in [1.82, 2.24) is 10.2 Å². The van der Waals surface area contributed by atoms with Gasteiger partial charge in [0.05, 0.1) is 34.5 Å². The van der Waals surface area contributed by atoms with Crippen molar-refractivity contribution in [3.05, 3.63) is 53.3 Å². The van der Waals surface area contributed by atoms with E-state index < -0.39 is 0 Å². The van der Waals surface area contributed by atoms with Crippen LogP contribution in [0.15, 0.2) is 36.4 Å². The van der Waals surface area contributed by atoms with E-state index in [1.807, 2.05) is 25.1 Å². The van der Waals surface area contributed by atoms with Crippen LogP contribution in [0.25, 0.3) is 0 Å². The van der Waals surface area contributed by atoms with E-state index in [4.69, 9.17) is 18.9 Å². The molecule has 2 atom stereocenters. The normalized spacial score (nSPS) is 16.7. The van der Waals surface area contributed by atoms with Crippen molar-refractivity contribution in [2.24, 2.45) is 0 Å². The molecular formula is C23H31FN2O4. The Morgan fingerprint density at radius 1 is 0.933 bits per heavy atom. The van der Waals surface area contributed by atoms with Crippen molar-refractivity contribution in [3.63, 3.8) is 0 Å². The largest absolute Gasteiger partial charge is 0.494 e. The van der Waals surface area contributed by atoms with Crippen LogP contribution in [-0.2, 0) is 4.74 Å². The Hall–Kier alpha value is -2.35. The van der Waals surface area contributed by atoms with Gasteiger partial charge in [0.1, 0.15) is 0 Å². The van der Waals surface area contributed by atoms with Gasteiger partial charge in [0.2, 0.25) is 0 Å². The zero-order valence-electron chi connectivity index (χ0n) is 18.1. The van der Waals surface area contributed by atoms with E-state index in [0.29, 0.717) is 31.3 Å². The molecule has 0 aliphatic carbocycles. The second-order valence-corrected chi connectivity index (χ2v) is 7.30. The monoisotopic (exact) mass is 418 g/mol. The SMILES string of the molecule is COc1ccc(C(C)NCC(c2ccc(OC)c(OC)c2)N2CCOCC2)cc1F. The Labute approximate surface area is 177 Å². The van der Waals surface area contributed by atoms with Gasteiger partial charge in [0.15, 0.2) is 23.1 Å². The molecule has 0 saturated carbocycles. The van der Waals surface area contributed by atoms with E-state index in [9.17, 15) is 4.39 Å². The van der Waals surface area contributed by atoms with Crippen molar-refractivity contribution < 1.29 is 23.3 Å². The average molecular weight is 419 g/mol. The molecule has 1 N–H and O–H groups in total. The van der Waals surface area contributed by atoms with Gasteiger partial charge >= 0.3 is 0 Å². The third kappa shape index (κ3) is 5.22. The van der Waals surface area contributed by atoms with Crippen molar-refractivity contribution in [2.45, 2.75) is 19.0 Å². The standard InChI is InChI=1S/C23H31FN2O4/c1-16(17-5-7-21(27-2)19(24)13-17)25-15-20(26-9-11-30-12-10-26)18-6-8-22(28-3)23(14-18)29-4/h5-8,13-14,16,20,25H,9-12,15H2,1-4H3. The predicted octanol–water partition coefficient (Wildman–Crippen LogP) is 3.58. The van der Waals surface area contributed by atoms with Crippen LogP contribution in [0.5, 0.6) is 17.2 Å². The molecule has 2 aromatic carbocycles. The summed E-state index contributed by atoms with van der Waals surface area (Å²) in [4.78, 5) is 2.40. The maximum atomic E-state index is 14.1. The molecule has 2 aromatic rings. The fourth-order valence-electron chi connectivity index (χ4n) is 3.77. The number of nitrogens with zero attached hydrogens (tertiary/aromatic N) is 1. The maximum Gasteiger partial charge on any atom is 0.165 e. The van der Waals surface area contributed by atoms with Gasteiger partial charge in [-0.15, -0.1) is 0 Å². The zero-order chi connectivity index (χ0) is 21.5. The molecule has 1 heterocycles. The minimum atomic E-state index is -0.353. The second-order valence-electron chi connectivity index (χ2n) is 7.30. The smallest absolute Gasteiger partial charge is 0.165 e. The molecule has 164 valence electrons. The molecule has 6 nitrogen and oxygen atoms in total. The summed E-state index contributed by atoms with van der Waals surface area (Å²) in [7, 11) is 4.74. The summed E-state index contributed by atoms with van der Waals surface area (Å²) >= 11 is 0. The molecule has 0 radical (unpaired) electrons. The Kier molecular flexibility index (Phi) is 7.90. The predicted molar refractivity (Wildman–Crippen MR) is 114 cm³/mol. The Balaban J connectivity index is 1.78. The molecule has 0 aromatic heterocycles. The molecule has 3 rings (SSSR count). The van der Waals surface area contributed by atoms with Crippen LogP contribution in [0.1, 0.15) is 30.1 Å². The highest BCUT2D eigenvalue weighted by Gasteiger charge is 2.24. The Morgan fingerprint density at radius 3 is 2.20 bits per heavy atom. The van der Waals surface area contributed by atoms with E-state index in [1.165, 1.54) is 13.2 Å². The average Bonchev–Trinajstić information content (AvgIpc) is 2.79. The molecule has 0 bridgehead atoms. The van der Waals surface area contributed by atoms with Crippen molar-refractivity contribution in [1.29, 1.82) is 0 Å². The fourth-order valence-corrected chi connectivity index (χ4v) is 3.77. The number of hydrogen-bond acceptors (Lipinski definition) is 6. The molecule has 1 aliphatic heterocycles. The number of methoxy groups -OCH3 is 3. The zero-order valence-corrected chi connectivity index (χ0v) is 18.1. The first-order chi connectivity index (χ1) is 14.6. The molecule has 0 amide bonds. The lowest BCUT2D eigenvalue weighted by molar-refractivity contribution is 0.0156. The summed E-state index contributed by atoms with van der Waals surface area (Å²) in [6.07, 6.45) is 0. The lowest BCUT2D eigenvalue weighted by Gasteiger charge is -2.36. The van der Waals surface area contributed by atoms with Gasteiger partial charge in [-0.25, -0.2) is 4.39 Å². The maximum absolute atomic E-state index is 14.1. The van der Waals surface area contributed by atoms with Gasteiger partial charge in [-0.2, -0.15) is 0 Å². The first kappa shape index (κ1) is 22.3. The number of ether oxygens (including phenoxy) is 4. The third-order valence-corrected chi connectivity index (χ3v) is 5.57. The van der Waals surface area contributed by atoms with Gasteiger partial charge < -0.3 is 24.3 Å². The van der Waals surface area contributed by atoms with Crippen LogP contribution in [0, 0.1) is 5.82 Å². The molecule has 1 fully saturated rings. The first-order valence-electron chi connectivity index (χ1n) is 10.2. The molecular weight excluding hydrogens is 387 g/mol. The highest BCUT2D eigenvalue weighted by atomic mass is 19.1. The second kappa shape index (κ2) is 10.6. The highest BCUT2D eigenvalue weighted by Crippen LogP contribution is 2.32. The Bertz CT molecular complexity index is 827. The minimum absolute atomic E-state index is 0.0194. The van der Waals surface area contributed by atoms with E-state index in [0.717, 1.165) is 24.2 Å². The van der Waals surface area contributed by atoms with Crippen molar-refractivity contribution in [3.8, 4) is 17.2 Å². The topological polar surface area (TPSA) is 52.2 Å². The summed E-state index contributed by atoms with van der Waals surface area (Å²) < 4.78 is 35.6. The third-order valence-electron chi connectivity index (χ3n) is 5.57. The molecule has 1 aliphatic rings. The molecule has 0 spiro atoms. The number of benzene rings is 2. The summed E-state index contributed by atoms with van der Waals surface area (Å²) in [5.74, 6) is 1.31. The number of nitrogens with one attached hydrogen (secondary N) is 1. The lowest BCUT2D eigenvalue weighted by Crippen LogP contribution is -2.43. The van der Waals surface area contributed by atoms with E-state index >= 15 is 0 Å². The van der Waals surface area contributed by atoms with Gasteiger partial charge in [0, 0.05) is 31.7 Å². The first-order valence-corrected chi connectivity index (χ1v) is 10.2. The summed E-state index contributed by atoms with van der Waals surface area (Å²) in [5.41, 5.74) is 2.01. The number of halogens is 1. The van der Waals surface area contributed by atoms with Gasteiger partial charge in [-0.3, -0.25) is 4.90 Å². The number of morpholine rings is 1. The van der Waals surface area contributed by atoms with Crippen LogP contribution in [0.4, 0.5) is 4.39 Å².